The van der Waals surface area contributed by atoms with Gasteiger partial charge in [0.15, 0.2) is 0 Å². The van der Waals surface area contributed by atoms with Crippen molar-refractivity contribution in [3.63, 3.8) is 0 Å². The smallest absolute Gasteiger partial charge is 0.253 e. The molecule has 1 aliphatic rings. The molecule has 5 nitrogen and oxygen atoms in total. The van der Waals surface area contributed by atoms with E-state index in [0.29, 0.717) is 24.4 Å². The quantitative estimate of drug-likeness (QED) is 0.456. The summed E-state index contributed by atoms with van der Waals surface area (Å²) in [6, 6.07) is 16.0. The Labute approximate surface area is 166 Å². The summed E-state index contributed by atoms with van der Waals surface area (Å²) in [7, 11) is 0. The van der Waals surface area contributed by atoms with Gasteiger partial charge in [0.05, 0.1) is 11.4 Å². The van der Waals surface area contributed by atoms with Gasteiger partial charge in [0.1, 0.15) is 0 Å². The number of hydrogen-bond acceptors (Lipinski definition) is 4. The van der Waals surface area contributed by atoms with Gasteiger partial charge in [-0.2, -0.15) is 0 Å². The first-order valence-corrected chi connectivity index (χ1v) is 9.33. The SMILES string of the molecule is C=C/C=C(\C=C)C(=O)N1CCN(c2ccc(N)c(Nc3ccccc3)c2)CC1. The van der Waals surface area contributed by atoms with E-state index in [4.69, 9.17) is 5.73 Å². The number of nitrogens with zero attached hydrogens (tertiary/aromatic N) is 2. The lowest BCUT2D eigenvalue weighted by Crippen LogP contribution is -2.49. The lowest BCUT2D eigenvalue weighted by Gasteiger charge is -2.36. The number of benzene rings is 2. The Kier molecular flexibility index (Phi) is 6.17. The van der Waals surface area contributed by atoms with E-state index in [1.807, 2.05) is 47.4 Å². The average Bonchev–Trinajstić information content (AvgIpc) is 2.74. The molecule has 1 saturated heterocycles. The summed E-state index contributed by atoms with van der Waals surface area (Å²) < 4.78 is 0. The second kappa shape index (κ2) is 8.95. The van der Waals surface area contributed by atoms with Crippen molar-refractivity contribution in [1.82, 2.24) is 4.90 Å². The molecule has 1 fully saturated rings. The van der Waals surface area contributed by atoms with Crippen molar-refractivity contribution in [3.05, 3.63) is 85.5 Å². The van der Waals surface area contributed by atoms with Gasteiger partial charge >= 0.3 is 0 Å². The van der Waals surface area contributed by atoms with Crippen LogP contribution in [0.2, 0.25) is 0 Å². The number of carbonyl (C=O) groups is 1. The van der Waals surface area contributed by atoms with Gasteiger partial charge in [0, 0.05) is 43.1 Å². The van der Waals surface area contributed by atoms with Crippen LogP contribution in [0.3, 0.4) is 0 Å². The Hall–Kier alpha value is -3.47. The van der Waals surface area contributed by atoms with E-state index in [1.165, 1.54) is 0 Å². The zero-order valence-corrected chi connectivity index (χ0v) is 16.0. The molecule has 28 heavy (non-hydrogen) atoms. The van der Waals surface area contributed by atoms with E-state index in [0.717, 1.165) is 30.2 Å². The van der Waals surface area contributed by atoms with Gasteiger partial charge in [0.2, 0.25) is 0 Å². The molecule has 0 spiro atoms. The third kappa shape index (κ3) is 4.43. The summed E-state index contributed by atoms with van der Waals surface area (Å²) in [5, 5.41) is 3.37. The first-order chi connectivity index (χ1) is 13.6. The van der Waals surface area contributed by atoms with Crippen LogP contribution in [0.5, 0.6) is 0 Å². The molecule has 0 radical (unpaired) electrons. The van der Waals surface area contributed by atoms with E-state index < -0.39 is 0 Å². The summed E-state index contributed by atoms with van der Waals surface area (Å²) >= 11 is 0. The predicted octanol–water partition coefficient (Wildman–Crippen LogP) is 3.96. The number of anilines is 4. The van der Waals surface area contributed by atoms with Crippen LogP contribution >= 0.6 is 0 Å². The minimum atomic E-state index is -0.00158. The summed E-state index contributed by atoms with van der Waals surface area (Å²) in [5.74, 6) is -0.00158. The predicted molar refractivity (Wildman–Crippen MR) is 118 cm³/mol. The number of carbonyl (C=O) groups excluding carboxylic acids is 1. The van der Waals surface area contributed by atoms with Gasteiger partial charge in [-0.15, -0.1) is 0 Å². The Morgan fingerprint density at radius 2 is 1.75 bits per heavy atom. The van der Waals surface area contributed by atoms with Gasteiger partial charge in [-0.1, -0.05) is 49.6 Å². The molecular weight excluding hydrogens is 348 g/mol. The van der Waals surface area contributed by atoms with Crippen molar-refractivity contribution in [2.24, 2.45) is 0 Å². The molecule has 1 heterocycles. The van der Waals surface area contributed by atoms with E-state index >= 15 is 0 Å². The Bertz CT molecular complexity index is 881. The lowest BCUT2D eigenvalue weighted by atomic mass is 10.1. The number of nitrogens with one attached hydrogen (secondary N) is 1. The van der Waals surface area contributed by atoms with Gasteiger partial charge in [-0.05, 0) is 30.3 Å². The monoisotopic (exact) mass is 374 g/mol. The fourth-order valence-corrected chi connectivity index (χ4v) is 3.23. The Morgan fingerprint density at radius 3 is 2.39 bits per heavy atom. The van der Waals surface area contributed by atoms with Crippen LogP contribution in [0.25, 0.3) is 0 Å². The topological polar surface area (TPSA) is 61.6 Å². The fourth-order valence-electron chi connectivity index (χ4n) is 3.23. The summed E-state index contributed by atoms with van der Waals surface area (Å²) in [4.78, 5) is 16.7. The van der Waals surface area contributed by atoms with Crippen molar-refractivity contribution in [3.8, 4) is 0 Å². The molecule has 144 valence electrons. The minimum Gasteiger partial charge on any atom is -0.397 e. The van der Waals surface area contributed by atoms with Crippen LogP contribution in [-0.2, 0) is 4.79 Å². The number of amides is 1. The molecule has 3 N–H and O–H groups in total. The van der Waals surface area contributed by atoms with Crippen LogP contribution in [0, 0.1) is 0 Å². The Morgan fingerprint density at radius 1 is 1.04 bits per heavy atom. The number of hydrogen-bond donors (Lipinski definition) is 2. The van der Waals surface area contributed by atoms with Gasteiger partial charge in [0.25, 0.3) is 5.91 Å². The normalized spacial score (nSPS) is 14.5. The molecule has 0 aromatic heterocycles. The third-order valence-corrected chi connectivity index (χ3v) is 4.79. The summed E-state index contributed by atoms with van der Waals surface area (Å²) in [6.45, 7) is 10.2. The molecule has 0 unspecified atom stereocenters. The van der Waals surface area contributed by atoms with Crippen molar-refractivity contribution in [2.45, 2.75) is 0 Å². The molecule has 0 bridgehead atoms. The highest BCUT2D eigenvalue weighted by Gasteiger charge is 2.22. The van der Waals surface area contributed by atoms with Crippen LogP contribution in [0.1, 0.15) is 0 Å². The first-order valence-electron chi connectivity index (χ1n) is 9.33. The summed E-state index contributed by atoms with van der Waals surface area (Å²) in [6.07, 6.45) is 4.89. The fraction of sp³-hybridized carbons (Fsp3) is 0.174. The van der Waals surface area contributed by atoms with E-state index in [9.17, 15) is 4.79 Å². The minimum absolute atomic E-state index is 0.00158. The van der Waals surface area contributed by atoms with Crippen LogP contribution < -0.4 is 16.0 Å². The van der Waals surface area contributed by atoms with E-state index in [2.05, 4.69) is 29.4 Å². The van der Waals surface area contributed by atoms with Crippen molar-refractivity contribution in [1.29, 1.82) is 0 Å². The van der Waals surface area contributed by atoms with Gasteiger partial charge in [-0.3, -0.25) is 4.79 Å². The highest BCUT2D eigenvalue weighted by atomic mass is 16.2. The van der Waals surface area contributed by atoms with Crippen molar-refractivity contribution in [2.75, 3.05) is 42.1 Å². The Balaban J connectivity index is 1.68. The van der Waals surface area contributed by atoms with Gasteiger partial charge < -0.3 is 20.9 Å². The zero-order chi connectivity index (χ0) is 19.9. The molecule has 5 heteroatoms. The molecule has 1 aliphatic heterocycles. The lowest BCUT2D eigenvalue weighted by molar-refractivity contribution is -0.127. The average molecular weight is 374 g/mol. The molecule has 0 aliphatic carbocycles. The second-order valence-electron chi connectivity index (χ2n) is 6.60. The number of rotatable bonds is 6. The maximum absolute atomic E-state index is 12.6. The van der Waals surface area contributed by atoms with E-state index in [1.54, 1.807) is 18.2 Å². The molecule has 0 saturated carbocycles. The summed E-state index contributed by atoms with van der Waals surface area (Å²) in [5.41, 5.74) is 10.4. The number of piperazine rings is 1. The zero-order valence-electron chi connectivity index (χ0n) is 16.0. The second-order valence-corrected chi connectivity index (χ2v) is 6.60. The van der Waals surface area contributed by atoms with E-state index in [-0.39, 0.29) is 5.91 Å². The molecule has 0 atom stereocenters. The molecular formula is C23H26N4O. The maximum Gasteiger partial charge on any atom is 0.253 e. The van der Waals surface area contributed by atoms with Crippen molar-refractivity contribution < 1.29 is 4.79 Å². The largest absolute Gasteiger partial charge is 0.397 e. The number of allylic oxidation sites excluding steroid dienone is 2. The molecule has 2 aromatic carbocycles. The number of nitrogen functional groups attached to an aromatic ring is 1. The highest BCUT2D eigenvalue weighted by Crippen LogP contribution is 2.29. The number of nitrogens with two attached hydrogens (primary N) is 1. The highest BCUT2D eigenvalue weighted by molar-refractivity contribution is 5.96. The molecule has 1 amide bonds. The first kappa shape index (κ1) is 19.3. The van der Waals surface area contributed by atoms with Gasteiger partial charge in [-0.25, -0.2) is 0 Å². The standard InChI is InChI=1S/C23H26N4O/c1-3-8-18(4-2)23(28)27-15-13-26(14-16-27)20-11-12-21(24)22(17-20)25-19-9-6-5-7-10-19/h3-12,17,25H,1-2,13-16,24H2/b18-8+. The van der Waals surface area contributed by atoms with Crippen LogP contribution in [-0.4, -0.2) is 37.0 Å². The molecule has 2 aromatic rings. The van der Waals surface area contributed by atoms with Crippen molar-refractivity contribution >= 4 is 28.7 Å². The number of para-hydroxylation sites is 1. The third-order valence-electron chi connectivity index (χ3n) is 4.79. The van der Waals surface area contributed by atoms with Crippen LogP contribution in [0.4, 0.5) is 22.7 Å². The van der Waals surface area contributed by atoms with Crippen LogP contribution in [0.15, 0.2) is 85.5 Å². The maximum atomic E-state index is 12.6. The molecule has 3 rings (SSSR count).